The van der Waals surface area contributed by atoms with Gasteiger partial charge in [0.2, 0.25) is 0 Å². The van der Waals surface area contributed by atoms with Crippen molar-refractivity contribution in [3.05, 3.63) is 35.6 Å². The lowest BCUT2D eigenvalue weighted by molar-refractivity contribution is 0.541. The summed E-state index contributed by atoms with van der Waals surface area (Å²) in [5.74, 6) is 0.359. The zero-order chi connectivity index (χ0) is 11.8. The maximum atomic E-state index is 12.8. The Morgan fingerprint density at radius 1 is 1.12 bits per heavy atom. The molecule has 1 N–H and O–H groups in total. The van der Waals surface area contributed by atoms with Gasteiger partial charge in [-0.1, -0.05) is 32.4 Å². The van der Waals surface area contributed by atoms with Gasteiger partial charge in [-0.3, -0.25) is 0 Å². The number of hydrogen-bond acceptors (Lipinski definition) is 1. The molecular formula is C14H22FN. The van der Waals surface area contributed by atoms with Gasteiger partial charge in [0.15, 0.2) is 0 Å². The van der Waals surface area contributed by atoms with Crippen molar-refractivity contribution in [2.75, 3.05) is 13.1 Å². The van der Waals surface area contributed by atoms with Crippen molar-refractivity contribution in [2.45, 2.75) is 39.0 Å². The van der Waals surface area contributed by atoms with Crippen LogP contribution in [0.2, 0.25) is 0 Å². The normalized spacial score (nSPS) is 12.7. The highest BCUT2D eigenvalue weighted by atomic mass is 19.1. The highest BCUT2D eigenvalue weighted by Crippen LogP contribution is 2.20. The summed E-state index contributed by atoms with van der Waals surface area (Å²) in [7, 11) is 0. The van der Waals surface area contributed by atoms with Crippen LogP contribution in [-0.2, 0) is 0 Å². The highest BCUT2D eigenvalue weighted by Gasteiger charge is 2.09. The molecule has 1 atom stereocenters. The van der Waals surface area contributed by atoms with E-state index < -0.39 is 0 Å². The lowest BCUT2D eigenvalue weighted by Crippen LogP contribution is -2.22. The first-order valence-corrected chi connectivity index (χ1v) is 6.24. The highest BCUT2D eigenvalue weighted by molar-refractivity contribution is 5.20. The first kappa shape index (κ1) is 13.2. The Kier molecular flexibility index (Phi) is 6.09. The summed E-state index contributed by atoms with van der Waals surface area (Å²) in [6.45, 7) is 6.41. The molecule has 0 fully saturated rings. The molecule has 0 spiro atoms. The average Bonchev–Trinajstić information content (AvgIpc) is 2.29. The van der Waals surface area contributed by atoms with E-state index in [0.717, 1.165) is 32.4 Å². The van der Waals surface area contributed by atoms with E-state index in [9.17, 15) is 4.39 Å². The van der Waals surface area contributed by atoms with Crippen LogP contribution < -0.4 is 5.32 Å². The van der Waals surface area contributed by atoms with Crippen LogP contribution in [0.1, 0.15) is 44.6 Å². The fourth-order valence-corrected chi connectivity index (χ4v) is 1.92. The Bertz CT molecular complexity index is 281. The van der Waals surface area contributed by atoms with Crippen molar-refractivity contribution < 1.29 is 4.39 Å². The van der Waals surface area contributed by atoms with Crippen molar-refractivity contribution in [2.24, 2.45) is 0 Å². The van der Waals surface area contributed by atoms with E-state index in [4.69, 9.17) is 0 Å². The summed E-state index contributed by atoms with van der Waals surface area (Å²) < 4.78 is 12.8. The number of rotatable bonds is 7. The molecule has 0 saturated carbocycles. The molecule has 0 aromatic heterocycles. The van der Waals surface area contributed by atoms with Crippen molar-refractivity contribution in [3.8, 4) is 0 Å². The largest absolute Gasteiger partial charge is 0.316 e. The van der Waals surface area contributed by atoms with Gasteiger partial charge in [-0.15, -0.1) is 0 Å². The standard InChI is InChI=1S/C14H22FN/c1-3-5-13(11-16-10-4-2)12-6-8-14(15)9-7-12/h6-9,13,16H,3-5,10-11H2,1-2H3. The minimum absolute atomic E-state index is 0.152. The van der Waals surface area contributed by atoms with Gasteiger partial charge in [0, 0.05) is 6.54 Å². The zero-order valence-corrected chi connectivity index (χ0v) is 10.3. The predicted octanol–water partition coefficient (Wildman–Crippen LogP) is 3.71. The molecular weight excluding hydrogens is 201 g/mol. The molecule has 0 aliphatic rings. The zero-order valence-electron chi connectivity index (χ0n) is 10.3. The Hall–Kier alpha value is -0.890. The molecule has 0 amide bonds. The van der Waals surface area contributed by atoms with Gasteiger partial charge in [0.1, 0.15) is 5.82 Å². The van der Waals surface area contributed by atoms with E-state index >= 15 is 0 Å². The fraction of sp³-hybridized carbons (Fsp3) is 0.571. The van der Waals surface area contributed by atoms with Crippen LogP contribution in [0.4, 0.5) is 4.39 Å². The topological polar surface area (TPSA) is 12.0 Å². The maximum Gasteiger partial charge on any atom is 0.123 e. The summed E-state index contributed by atoms with van der Waals surface area (Å²) >= 11 is 0. The minimum atomic E-state index is -0.152. The number of benzene rings is 1. The van der Waals surface area contributed by atoms with Crippen LogP contribution in [0.15, 0.2) is 24.3 Å². The molecule has 90 valence electrons. The molecule has 0 saturated heterocycles. The summed E-state index contributed by atoms with van der Waals surface area (Å²) in [6.07, 6.45) is 3.47. The molecule has 0 heterocycles. The molecule has 2 heteroatoms. The molecule has 1 aromatic carbocycles. The third-order valence-electron chi connectivity index (χ3n) is 2.80. The van der Waals surface area contributed by atoms with Crippen molar-refractivity contribution in [3.63, 3.8) is 0 Å². The molecule has 0 radical (unpaired) electrons. The first-order valence-electron chi connectivity index (χ1n) is 6.24. The van der Waals surface area contributed by atoms with E-state index in [0.29, 0.717) is 5.92 Å². The van der Waals surface area contributed by atoms with Crippen LogP contribution in [0, 0.1) is 5.82 Å². The van der Waals surface area contributed by atoms with Crippen molar-refractivity contribution in [1.29, 1.82) is 0 Å². The lowest BCUT2D eigenvalue weighted by Gasteiger charge is -2.17. The van der Waals surface area contributed by atoms with Gasteiger partial charge < -0.3 is 5.32 Å². The lowest BCUT2D eigenvalue weighted by atomic mass is 9.94. The van der Waals surface area contributed by atoms with Crippen molar-refractivity contribution in [1.82, 2.24) is 5.32 Å². The van der Waals surface area contributed by atoms with Crippen LogP contribution in [-0.4, -0.2) is 13.1 Å². The second kappa shape index (κ2) is 7.39. The van der Waals surface area contributed by atoms with E-state index in [-0.39, 0.29) is 5.82 Å². The van der Waals surface area contributed by atoms with E-state index in [1.807, 2.05) is 12.1 Å². The van der Waals surface area contributed by atoms with Gasteiger partial charge in [-0.05, 0) is 43.0 Å². The molecule has 0 bridgehead atoms. The number of nitrogens with one attached hydrogen (secondary N) is 1. The molecule has 1 unspecified atom stereocenters. The number of halogens is 1. The van der Waals surface area contributed by atoms with E-state index in [1.54, 1.807) is 12.1 Å². The Morgan fingerprint density at radius 2 is 1.81 bits per heavy atom. The molecule has 0 aliphatic carbocycles. The quantitative estimate of drug-likeness (QED) is 0.695. The first-order chi connectivity index (χ1) is 7.77. The molecule has 16 heavy (non-hydrogen) atoms. The van der Waals surface area contributed by atoms with Gasteiger partial charge in [-0.2, -0.15) is 0 Å². The minimum Gasteiger partial charge on any atom is -0.316 e. The fourth-order valence-electron chi connectivity index (χ4n) is 1.92. The van der Waals surface area contributed by atoms with Gasteiger partial charge in [-0.25, -0.2) is 4.39 Å². The van der Waals surface area contributed by atoms with Gasteiger partial charge in [0.05, 0.1) is 0 Å². The summed E-state index contributed by atoms with van der Waals surface area (Å²) in [5.41, 5.74) is 1.24. The maximum absolute atomic E-state index is 12.8. The van der Waals surface area contributed by atoms with Crippen LogP contribution >= 0.6 is 0 Å². The molecule has 1 nitrogen and oxygen atoms in total. The van der Waals surface area contributed by atoms with Gasteiger partial charge >= 0.3 is 0 Å². The SMILES string of the molecule is CCCNCC(CCC)c1ccc(F)cc1. The third kappa shape index (κ3) is 4.31. The second-order valence-electron chi connectivity index (χ2n) is 4.24. The van der Waals surface area contributed by atoms with Crippen molar-refractivity contribution >= 4 is 0 Å². The monoisotopic (exact) mass is 223 g/mol. The van der Waals surface area contributed by atoms with Crippen LogP contribution in [0.3, 0.4) is 0 Å². The summed E-state index contributed by atoms with van der Waals surface area (Å²) in [4.78, 5) is 0. The van der Waals surface area contributed by atoms with Crippen LogP contribution in [0.5, 0.6) is 0 Å². The molecule has 1 aromatic rings. The Labute approximate surface area is 98.1 Å². The van der Waals surface area contributed by atoms with Crippen LogP contribution in [0.25, 0.3) is 0 Å². The Morgan fingerprint density at radius 3 is 2.38 bits per heavy atom. The molecule has 1 rings (SSSR count). The van der Waals surface area contributed by atoms with Gasteiger partial charge in [0.25, 0.3) is 0 Å². The number of hydrogen-bond donors (Lipinski definition) is 1. The average molecular weight is 223 g/mol. The smallest absolute Gasteiger partial charge is 0.123 e. The predicted molar refractivity (Wildman–Crippen MR) is 67.2 cm³/mol. The summed E-state index contributed by atoms with van der Waals surface area (Å²) in [6, 6.07) is 6.92. The van der Waals surface area contributed by atoms with E-state index in [2.05, 4.69) is 19.2 Å². The second-order valence-corrected chi connectivity index (χ2v) is 4.24. The molecule has 0 aliphatic heterocycles. The third-order valence-corrected chi connectivity index (χ3v) is 2.80. The summed E-state index contributed by atoms with van der Waals surface area (Å²) in [5, 5.41) is 3.44. The van der Waals surface area contributed by atoms with E-state index in [1.165, 1.54) is 5.56 Å². The Balaban J connectivity index is 2.57.